The van der Waals surface area contributed by atoms with E-state index in [-0.39, 0.29) is 37.2 Å². The smallest absolute Gasteiger partial charge is 0.252 e. The lowest BCUT2D eigenvalue weighted by Gasteiger charge is -2.26. The molecule has 2 aromatic rings. The second kappa shape index (κ2) is 8.55. The van der Waals surface area contributed by atoms with Gasteiger partial charge in [-0.2, -0.15) is 0 Å². The molecule has 166 valence electrons. The van der Waals surface area contributed by atoms with Crippen LogP contribution in [0.3, 0.4) is 0 Å². The Bertz CT molecular complexity index is 1070. The van der Waals surface area contributed by atoms with E-state index in [1.807, 2.05) is 30.3 Å². The standard InChI is InChI=1S/C24H26N4O4/c1-24-14-28(13-19(24)27-22(31)17-10-6-5-9-16(17)21(24)30)20(29)12-26-23(32)18(25)11-15-7-3-2-4-8-15/h2-10,18-19H,11-14,25H2,1H3,(H,26,32)(H,27,31)/t18?,19-,24+/m1/s1. The average Bonchev–Trinajstić information content (AvgIpc) is 3.11. The molecular weight excluding hydrogens is 408 g/mol. The Morgan fingerprint density at radius 2 is 1.78 bits per heavy atom. The van der Waals surface area contributed by atoms with Crippen molar-refractivity contribution in [2.75, 3.05) is 19.6 Å². The number of amides is 3. The quantitative estimate of drug-likeness (QED) is 0.633. The van der Waals surface area contributed by atoms with E-state index in [2.05, 4.69) is 10.6 Å². The van der Waals surface area contributed by atoms with E-state index in [0.29, 0.717) is 17.5 Å². The number of likely N-dealkylation sites (tertiary alicyclic amines) is 1. The number of nitrogens with one attached hydrogen (secondary N) is 2. The zero-order chi connectivity index (χ0) is 22.9. The number of benzene rings is 2. The van der Waals surface area contributed by atoms with E-state index in [9.17, 15) is 19.2 Å². The number of Topliss-reactive ketones (excluding diaryl/α,β-unsaturated/α-hetero) is 1. The largest absolute Gasteiger partial charge is 0.346 e. The first-order chi connectivity index (χ1) is 15.3. The molecule has 1 fully saturated rings. The summed E-state index contributed by atoms with van der Waals surface area (Å²) in [6, 6.07) is 14.8. The molecule has 8 nitrogen and oxygen atoms in total. The van der Waals surface area contributed by atoms with Gasteiger partial charge in [-0.15, -0.1) is 0 Å². The molecule has 2 heterocycles. The number of nitrogens with zero attached hydrogens (tertiary/aromatic N) is 1. The molecule has 32 heavy (non-hydrogen) atoms. The zero-order valence-electron chi connectivity index (χ0n) is 17.8. The highest BCUT2D eigenvalue weighted by Crippen LogP contribution is 2.37. The van der Waals surface area contributed by atoms with Gasteiger partial charge in [-0.25, -0.2) is 0 Å². The lowest BCUT2D eigenvalue weighted by molar-refractivity contribution is -0.132. The molecule has 1 unspecified atom stereocenters. The Labute approximate surface area is 186 Å². The Morgan fingerprint density at radius 1 is 1.12 bits per heavy atom. The number of fused-ring (bicyclic) bond motifs is 2. The third-order valence-corrected chi connectivity index (χ3v) is 6.33. The molecule has 2 aromatic carbocycles. The molecule has 8 heteroatoms. The number of carbonyl (C=O) groups is 4. The fourth-order valence-corrected chi connectivity index (χ4v) is 4.41. The first-order valence-corrected chi connectivity index (χ1v) is 10.6. The molecule has 3 amide bonds. The van der Waals surface area contributed by atoms with E-state index < -0.39 is 23.4 Å². The summed E-state index contributed by atoms with van der Waals surface area (Å²) < 4.78 is 0. The van der Waals surface area contributed by atoms with E-state index in [1.54, 1.807) is 31.2 Å². The maximum atomic E-state index is 13.3. The molecule has 3 atom stereocenters. The van der Waals surface area contributed by atoms with Crippen LogP contribution in [0.1, 0.15) is 33.2 Å². The van der Waals surface area contributed by atoms with Crippen molar-refractivity contribution in [2.45, 2.75) is 25.4 Å². The molecule has 4 rings (SSSR count). The van der Waals surface area contributed by atoms with E-state index >= 15 is 0 Å². The Morgan fingerprint density at radius 3 is 2.50 bits per heavy atom. The van der Waals surface area contributed by atoms with Gasteiger partial charge in [0.05, 0.1) is 29.6 Å². The van der Waals surface area contributed by atoms with Gasteiger partial charge in [-0.3, -0.25) is 19.2 Å². The molecule has 1 saturated heterocycles. The molecule has 0 aromatic heterocycles. The van der Waals surface area contributed by atoms with Crippen molar-refractivity contribution in [2.24, 2.45) is 11.1 Å². The Balaban J connectivity index is 1.39. The highest BCUT2D eigenvalue weighted by atomic mass is 16.2. The monoisotopic (exact) mass is 434 g/mol. The molecule has 2 aliphatic heterocycles. The number of hydrogen-bond acceptors (Lipinski definition) is 5. The summed E-state index contributed by atoms with van der Waals surface area (Å²) in [5, 5.41) is 5.50. The highest BCUT2D eigenvalue weighted by Gasteiger charge is 2.52. The van der Waals surface area contributed by atoms with Crippen molar-refractivity contribution >= 4 is 23.5 Å². The molecular formula is C24H26N4O4. The van der Waals surface area contributed by atoms with Crippen LogP contribution in [0, 0.1) is 5.41 Å². The third kappa shape index (κ3) is 4.01. The maximum absolute atomic E-state index is 13.3. The fourth-order valence-electron chi connectivity index (χ4n) is 4.41. The normalized spacial score (nSPS) is 22.9. The van der Waals surface area contributed by atoms with Gasteiger partial charge >= 0.3 is 0 Å². The number of carbonyl (C=O) groups excluding carboxylic acids is 4. The van der Waals surface area contributed by atoms with Crippen molar-refractivity contribution in [1.82, 2.24) is 15.5 Å². The predicted molar refractivity (Wildman–Crippen MR) is 118 cm³/mol. The minimum atomic E-state index is -0.939. The van der Waals surface area contributed by atoms with Crippen LogP contribution in [0.2, 0.25) is 0 Å². The second-order valence-electron chi connectivity index (χ2n) is 8.61. The molecule has 0 spiro atoms. The molecule has 0 radical (unpaired) electrons. The lowest BCUT2D eigenvalue weighted by Crippen LogP contribution is -2.47. The molecule has 0 aliphatic carbocycles. The third-order valence-electron chi connectivity index (χ3n) is 6.33. The zero-order valence-corrected chi connectivity index (χ0v) is 17.8. The van der Waals surface area contributed by atoms with Crippen LogP contribution in [-0.4, -0.2) is 60.1 Å². The summed E-state index contributed by atoms with van der Waals surface area (Å²) in [5.74, 6) is -1.23. The van der Waals surface area contributed by atoms with Crippen LogP contribution < -0.4 is 16.4 Å². The summed E-state index contributed by atoms with van der Waals surface area (Å²) in [7, 11) is 0. The lowest BCUT2D eigenvalue weighted by atomic mass is 9.78. The Hall–Kier alpha value is -3.52. The van der Waals surface area contributed by atoms with Crippen molar-refractivity contribution < 1.29 is 19.2 Å². The average molecular weight is 434 g/mol. The van der Waals surface area contributed by atoms with Gasteiger partial charge < -0.3 is 21.3 Å². The number of rotatable bonds is 5. The number of nitrogens with two attached hydrogens (primary N) is 1. The minimum Gasteiger partial charge on any atom is -0.346 e. The topological polar surface area (TPSA) is 122 Å². The second-order valence-corrected chi connectivity index (χ2v) is 8.61. The molecule has 4 N–H and O–H groups in total. The van der Waals surface area contributed by atoms with Crippen LogP contribution in [0.25, 0.3) is 0 Å². The SMILES string of the molecule is C[C@]12CN(C(=O)CNC(=O)C(N)Cc3ccccc3)C[C@H]1NC(=O)c1ccccc1C2=O. The Kier molecular flexibility index (Phi) is 5.80. The summed E-state index contributed by atoms with van der Waals surface area (Å²) in [5.41, 5.74) is 6.69. The van der Waals surface area contributed by atoms with Gasteiger partial charge in [-0.05, 0) is 25.0 Å². The van der Waals surface area contributed by atoms with Gasteiger partial charge in [0.25, 0.3) is 5.91 Å². The maximum Gasteiger partial charge on any atom is 0.252 e. The van der Waals surface area contributed by atoms with E-state index in [1.165, 1.54) is 4.90 Å². The fraction of sp³-hybridized carbons (Fsp3) is 0.333. The number of ketones is 1. The summed E-state index contributed by atoms with van der Waals surface area (Å²) in [4.78, 5) is 52.5. The van der Waals surface area contributed by atoms with Crippen molar-refractivity contribution in [3.63, 3.8) is 0 Å². The minimum absolute atomic E-state index is 0.163. The van der Waals surface area contributed by atoms with Gasteiger partial charge in [0.1, 0.15) is 0 Å². The summed E-state index contributed by atoms with van der Waals surface area (Å²) in [6.07, 6.45) is 0.366. The summed E-state index contributed by atoms with van der Waals surface area (Å²) >= 11 is 0. The van der Waals surface area contributed by atoms with Gasteiger partial charge in [0.15, 0.2) is 5.78 Å². The van der Waals surface area contributed by atoms with Crippen LogP contribution in [-0.2, 0) is 16.0 Å². The van der Waals surface area contributed by atoms with E-state index in [4.69, 9.17) is 5.73 Å². The molecule has 0 bridgehead atoms. The molecule has 2 aliphatic rings. The van der Waals surface area contributed by atoms with Crippen molar-refractivity contribution in [3.8, 4) is 0 Å². The molecule has 0 saturated carbocycles. The highest BCUT2D eigenvalue weighted by molar-refractivity contribution is 6.12. The van der Waals surface area contributed by atoms with E-state index in [0.717, 1.165) is 5.56 Å². The van der Waals surface area contributed by atoms with Crippen LogP contribution in [0.4, 0.5) is 0 Å². The van der Waals surface area contributed by atoms with Crippen LogP contribution >= 0.6 is 0 Å². The van der Waals surface area contributed by atoms with Crippen molar-refractivity contribution in [1.29, 1.82) is 0 Å². The first kappa shape index (κ1) is 21.7. The van der Waals surface area contributed by atoms with Crippen molar-refractivity contribution in [3.05, 3.63) is 71.3 Å². The first-order valence-electron chi connectivity index (χ1n) is 10.6. The van der Waals surface area contributed by atoms with Crippen LogP contribution in [0.5, 0.6) is 0 Å². The van der Waals surface area contributed by atoms with Gasteiger partial charge in [0.2, 0.25) is 11.8 Å². The van der Waals surface area contributed by atoms with Crippen LogP contribution in [0.15, 0.2) is 54.6 Å². The van der Waals surface area contributed by atoms with Gasteiger partial charge in [-0.1, -0.05) is 48.5 Å². The predicted octanol–water partition coefficient (Wildman–Crippen LogP) is 0.516. The van der Waals surface area contributed by atoms with Gasteiger partial charge in [0, 0.05) is 18.7 Å². The summed E-state index contributed by atoms with van der Waals surface area (Å²) in [6.45, 7) is 1.91. The number of hydrogen-bond donors (Lipinski definition) is 3.